The summed E-state index contributed by atoms with van der Waals surface area (Å²) in [5.41, 5.74) is 8.18. The molecule has 102 valence electrons. The monoisotopic (exact) mass is 270 g/mol. The average Bonchev–Trinajstić information content (AvgIpc) is 2.77. The molecule has 0 saturated carbocycles. The summed E-state index contributed by atoms with van der Waals surface area (Å²) in [7, 11) is 0. The maximum atomic E-state index is 13.6. The second kappa shape index (κ2) is 4.59. The number of nitrogens with zero attached hydrogens (tertiary/aromatic N) is 3. The average molecular weight is 270 g/mol. The first-order chi connectivity index (χ1) is 9.56. The summed E-state index contributed by atoms with van der Waals surface area (Å²) in [6.07, 6.45) is 3.59. The molecule has 3 rings (SSSR count). The van der Waals surface area contributed by atoms with Crippen molar-refractivity contribution in [3.8, 4) is 11.3 Å². The smallest absolute Gasteiger partial charge is 0.220 e. The summed E-state index contributed by atoms with van der Waals surface area (Å²) in [6.45, 7) is 4.17. The molecule has 1 aromatic carbocycles. The SMILES string of the molecule is CC(C)n1cc(-c2ccnc(N)n2)c2cc(F)ccc21. The molecule has 0 unspecified atom stereocenters. The molecule has 5 heteroatoms. The third-order valence-corrected chi connectivity index (χ3v) is 3.30. The Morgan fingerprint density at radius 2 is 2.05 bits per heavy atom. The minimum absolute atomic E-state index is 0.212. The van der Waals surface area contributed by atoms with Crippen molar-refractivity contribution in [2.24, 2.45) is 0 Å². The Morgan fingerprint density at radius 3 is 2.75 bits per heavy atom. The van der Waals surface area contributed by atoms with Crippen LogP contribution in [0, 0.1) is 5.82 Å². The number of fused-ring (bicyclic) bond motifs is 1. The van der Waals surface area contributed by atoms with E-state index in [-0.39, 0.29) is 17.8 Å². The van der Waals surface area contributed by atoms with Crippen LogP contribution in [0.5, 0.6) is 0 Å². The van der Waals surface area contributed by atoms with E-state index in [1.807, 2.05) is 6.20 Å². The number of halogens is 1. The third kappa shape index (κ3) is 2.01. The molecular formula is C15H15FN4. The van der Waals surface area contributed by atoms with Crippen LogP contribution in [0.25, 0.3) is 22.2 Å². The first-order valence-electron chi connectivity index (χ1n) is 6.45. The highest BCUT2D eigenvalue weighted by atomic mass is 19.1. The van der Waals surface area contributed by atoms with E-state index >= 15 is 0 Å². The highest BCUT2D eigenvalue weighted by Crippen LogP contribution is 2.32. The Hall–Kier alpha value is -2.43. The topological polar surface area (TPSA) is 56.7 Å². The predicted octanol–water partition coefficient (Wildman–Crippen LogP) is 3.40. The van der Waals surface area contributed by atoms with E-state index in [2.05, 4.69) is 28.4 Å². The fourth-order valence-corrected chi connectivity index (χ4v) is 2.38. The van der Waals surface area contributed by atoms with E-state index in [0.717, 1.165) is 16.5 Å². The highest BCUT2D eigenvalue weighted by molar-refractivity contribution is 5.95. The van der Waals surface area contributed by atoms with Gasteiger partial charge in [0.25, 0.3) is 0 Å². The van der Waals surface area contributed by atoms with Gasteiger partial charge < -0.3 is 10.3 Å². The number of anilines is 1. The molecule has 0 fully saturated rings. The largest absolute Gasteiger partial charge is 0.368 e. The molecule has 2 heterocycles. The van der Waals surface area contributed by atoms with Gasteiger partial charge in [0, 0.05) is 34.9 Å². The van der Waals surface area contributed by atoms with E-state index in [4.69, 9.17) is 5.73 Å². The summed E-state index contributed by atoms with van der Waals surface area (Å²) in [4.78, 5) is 8.12. The van der Waals surface area contributed by atoms with Gasteiger partial charge in [-0.15, -0.1) is 0 Å². The highest BCUT2D eigenvalue weighted by Gasteiger charge is 2.14. The van der Waals surface area contributed by atoms with E-state index < -0.39 is 0 Å². The maximum absolute atomic E-state index is 13.6. The lowest BCUT2D eigenvalue weighted by Crippen LogP contribution is -1.98. The molecule has 0 atom stereocenters. The van der Waals surface area contributed by atoms with Gasteiger partial charge in [0.15, 0.2) is 0 Å². The van der Waals surface area contributed by atoms with Crippen molar-refractivity contribution in [2.75, 3.05) is 5.73 Å². The fourth-order valence-electron chi connectivity index (χ4n) is 2.38. The lowest BCUT2D eigenvalue weighted by atomic mass is 10.1. The maximum Gasteiger partial charge on any atom is 0.220 e. The van der Waals surface area contributed by atoms with Crippen LogP contribution in [0.1, 0.15) is 19.9 Å². The summed E-state index contributed by atoms with van der Waals surface area (Å²) in [6, 6.07) is 6.84. The second-order valence-electron chi connectivity index (χ2n) is 5.01. The number of hydrogen-bond donors (Lipinski definition) is 1. The van der Waals surface area contributed by atoms with Crippen LogP contribution < -0.4 is 5.73 Å². The van der Waals surface area contributed by atoms with Crippen molar-refractivity contribution < 1.29 is 4.39 Å². The molecule has 0 amide bonds. The van der Waals surface area contributed by atoms with Crippen molar-refractivity contribution in [2.45, 2.75) is 19.9 Å². The lowest BCUT2D eigenvalue weighted by molar-refractivity contribution is 0.619. The molecule has 2 N–H and O–H groups in total. The number of benzene rings is 1. The number of rotatable bonds is 2. The molecule has 20 heavy (non-hydrogen) atoms. The molecule has 3 aromatic rings. The lowest BCUT2D eigenvalue weighted by Gasteiger charge is -2.08. The van der Waals surface area contributed by atoms with Gasteiger partial charge in [-0.1, -0.05) is 0 Å². The van der Waals surface area contributed by atoms with Gasteiger partial charge in [-0.25, -0.2) is 14.4 Å². The molecule has 0 bridgehead atoms. The summed E-state index contributed by atoms with van der Waals surface area (Å²) < 4.78 is 15.7. The molecule has 0 aliphatic carbocycles. The number of nitrogens with two attached hydrogens (primary N) is 1. The predicted molar refractivity (Wildman–Crippen MR) is 77.7 cm³/mol. The molecular weight excluding hydrogens is 255 g/mol. The third-order valence-electron chi connectivity index (χ3n) is 3.30. The van der Waals surface area contributed by atoms with Crippen molar-refractivity contribution in [1.82, 2.24) is 14.5 Å². The zero-order valence-electron chi connectivity index (χ0n) is 11.3. The van der Waals surface area contributed by atoms with Gasteiger partial charge in [-0.3, -0.25) is 0 Å². The first-order valence-corrected chi connectivity index (χ1v) is 6.45. The van der Waals surface area contributed by atoms with Gasteiger partial charge in [-0.2, -0.15) is 0 Å². The van der Waals surface area contributed by atoms with Crippen LogP contribution in [0.2, 0.25) is 0 Å². The minimum Gasteiger partial charge on any atom is -0.368 e. The number of aromatic nitrogens is 3. The standard InChI is InChI=1S/C15H15FN4/c1-9(2)20-8-12(13-5-6-18-15(17)19-13)11-7-10(16)3-4-14(11)20/h3-9H,1-2H3,(H2,17,18,19). The minimum atomic E-state index is -0.262. The number of nitrogen functional groups attached to an aromatic ring is 1. The zero-order chi connectivity index (χ0) is 14.3. The Kier molecular flexibility index (Phi) is 2.89. The summed E-state index contributed by atoms with van der Waals surface area (Å²) in [5, 5.41) is 0.830. The van der Waals surface area contributed by atoms with E-state index in [0.29, 0.717) is 5.69 Å². The molecule has 0 aliphatic heterocycles. The summed E-state index contributed by atoms with van der Waals surface area (Å²) >= 11 is 0. The van der Waals surface area contributed by atoms with Crippen LogP contribution in [0.4, 0.5) is 10.3 Å². The summed E-state index contributed by atoms with van der Waals surface area (Å²) in [5.74, 6) is -0.0494. The molecule has 0 spiro atoms. The molecule has 0 saturated heterocycles. The second-order valence-corrected chi connectivity index (χ2v) is 5.01. The van der Waals surface area contributed by atoms with Crippen molar-refractivity contribution in [3.05, 3.63) is 42.5 Å². The van der Waals surface area contributed by atoms with Gasteiger partial charge in [0.05, 0.1) is 5.69 Å². The molecule has 0 radical (unpaired) electrons. The Balaban J connectivity index is 2.32. The van der Waals surface area contributed by atoms with Gasteiger partial charge in [-0.05, 0) is 38.1 Å². The van der Waals surface area contributed by atoms with Crippen LogP contribution in [-0.2, 0) is 0 Å². The van der Waals surface area contributed by atoms with Crippen molar-refractivity contribution in [1.29, 1.82) is 0 Å². The van der Waals surface area contributed by atoms with Crippen molar-refractivity contribution in [3.63, 3.8) is 0 Å². The fraction of sp³-hybridized carbons (Fsp3) is 0.200. The van der Waals surface area contributed by atoms with Crippen LogP contribution >= 0.6 is 0 Å². The van der Waals surface area contributed by atoms with Gasteiger partial charge in [0.2, 0.25) is 5.95 Å². The van der Waals surface area contributed by atoms with Crippen LogP contribution in [0.3, 0.4) is 0 Å². The van der Waals surface area contributed by atoms with Gasteiger partial charge in [0.1, 0.15) is 5.82 Å². The van der Waals surface area contributed by atoms with E-state index in [1.54, 1.807) is 18.3 Å². The number of hydrogen-bond acceptors (Lipinski definition) is 3. The first kappa shape index (κ1) is 12.6. The van der Waals surface area contributed by atoms with Crippen LogP contribution in [-0.4, -0.2) is 14.5 Å². The Bertz CT molecular complexity index is 777. The molecule has 4 nitrogen and oxygen atoms in total. The zero-order valence-corrected chi connectivity index (χ0v) is 11.3. The van der Waals surface area contributed by atoms with E-state index in [1.165, 1.54) is 12.1 Å². The molecule has 0 aliphatic rings. The normalized spacial score (nSPS) is 11.4. The van der Waals surface area contributed by atoms with Crippen LogP contribution in [0.15, 0.2) is 36.7 Å². The quantitative estimate of drug-likeness (QED) is 0.776. The molecule has 2 aromatic heterocycles. The van der Waals surface area contributed by atoms with E-state index in [9.17, 15) is 4.39 Å². The Labute approximate surface area is 116 Å². The van der Waals surface area contributed by atoms with Crippen molar-refractivity contribution >= 4 is 16.9 Å². The Morgan fingerprint density at radius 1 is 1.25 bits per heavy atom. The van der Waals surface area contributed by atoms with Gasteiger partial charge >= 0.3 is 0 Å².